The second-order valence-electron chi connectivity index (χ2n) is 5.14. The fourth-order valence-electron chi connectivity index (χ4n) is 2.16. The van der Waals surface area contributed by atoms with Gasteiger partial charge in [-0.25, -0.2) is 9.97 Å². The molecule has 24 heavy (non-hydrogen) atoms. The van der Waals surface area contributed by atoms with Crippen LogP contribution in [0.4, 0.5) is 11.6 Å². The first-order valence-electron chi connectivity index (χ1n) is 7.42. The second-order valence-corrected chi connectivity index (χ2v) is 5.58. The molecule has 0 saturated heterocycles. The normalized spacial score (nSPS) is 11.3. The first-order valence-corrected chi connectivity index (χ1v) is 7.79. The summed E-state index contributed by atoms with van der Waals surface area (Å²) in [7, 11) is 0. The number of nitrogens with zero attached hydrogens (tertiary/aromatic N) is 3. The van der Waals surface area contributed by atoms with Crippen molar-refractivity contribution >= 4 is 29.2 Å². The lowest BCUT2D eigenvalue weighted by molar-refractivity contribution is 1.02. The van der Waals surface area contributed by atoms with Gasteiger partial charge in [-0.1, -0.05) is 41.9 Å². The Labute approximate surface area is 145 Å². The summed E-state index contributed by atoms with van der Waals surface area (Å²) in [4.78, 5) is 12.8. The average molecular weight is 338 g/mol. The van der Waals surface area contributed by atoms with Gasteiger partial charge in [0.1, 0.15) is 0 Å². The summed E-state index contributed by atoms with van der Waals surface area (Å²) < 4.78 is 0. The molecule has 0 aliphatic rings. The molecule has 120 valence electrons. The standard InChI is InChI=1S/C18H16ClN5/c19-14-6-8-15(9-7-14)22-17(20)24-18-21-11-10-16(23-18)12-13-4-2-1-3-5-13/h1-11H,12H2,(H3,20,21,22,23,24). The number of nitrogens with one attached hydrogen (secondary N) is 1. The summed E-state index contributed by atoms with van der Waals surface area (Å²) in [5.41, 5.74) is 8.76. The fraction of sp³-hybridized carbons (Fsp3) is 0.0556. The van der Waals surface area contributed by atoms with Crippen molar-refractivity contribution in [1.82, 2.24) is 9.97 Å². The van der Waals surface area contributed by atoms with Crippen LogP contribution in [0.5, 0.6) is 0 Å². The van der Waals surface area contributed by atoms with Gasteiger partial charge >= 0.3 is 0 Å². The van der Waals surface area contributed by atoms with Gasteiger partial charge in [0.15, 0.2) is 0 Å². The van der Waals surface area contributed by atoms with E-state index in [0.29, 0.717) is 11.0 Å². The van der Waals surface area contributed by atoms with E-state index in [0.717, 1.165) is 17.8 Å². The number of hydrogen-bond donors (Lipinski definition) is 2. The molecule has 0 spiro atoms. The highest BCUT2D eigenvalue weighted by Crippen LogP contribution is 2.14. The Morgan fingerprint density at radius 2 is 1.79 bits per heavy atom. The minimum absolute atomic E-state index is 0.217. The van der Waals surface area contributed by atoms with E-state index >= 15 is 0 Å². The van der Waals surface area contributed by atoms with Crippen LogP contribution in [0.1, 0.15) is 11.3 Å². The minimum atomic E-state index is 0.217. The summed E-state index contributed by atoms with van der Waals surface area (Å²) in [5, 5.41) is 3.64. The van der Waals surface area contributed by atoms with Crippen molar-refractivity contribution in [3.63, 3.8) is 0 Å². The Bertz CT molecular complexity index is 832. The molecule has 1 heterocycles. The molecule has 0 radical (unpaired) electrons. The Kier molecular flexibility index (Phi) is 5.03. The molecule has 0 aliphatic carbocycles. The van der Waals surface area contributed by atoms with Crippen molar-refractivity contribution in [2.45, 2.75) is 6.42 Å². The maximum atomic E-state index is 5.90. The van der Waals surface area contributed by atoms with E-state index in [1.165, 1.54) is 5.56 Å². The second kappa shape index (κ2) is 7.57. The molecule has 3 N–H and O–H groups in total. The molecule has 6 heteroatoms. The predicted octanol–water partition coefficient (Wildman–Crippen LogP) is 3.78. The lowest BCUT2D eigenvalue weighted by Crippen LogP contribution is -2.22. The number of benzene rings is 2. The zero-order chi connectivity index (χ0) is 16.8. The van der Waals surface area contributed by atoms with Gasteiger partial charge in [-0.15, -0.1) is 0 Å². The van der Waals surface area contributed by atoms with Crippen LogP contribution in [-0.4, -0.2) is 15.9 Å². The Morgan fingerprint density at radius 1 is 1.04 bits per heavy atom. The van der Waals surface area contributed by atoms with Crippen molar-refractivity contribution < 1.29 is 0 Å². The van der Waals surface area contributed by atoms with E-state index in [1.807, 2.05) is 36.4 Å². The van der Waals surface area contributed by atoms with E-state index in [2.05, 4.69) is 32.4 Å². The zero-order valence-electron chi connectivity index (χ0n) is 12.9. The predicted molar refractivity (Wildman–Crippen MR) is 97.6 cm³/mol. The number of nitrogens with two attached hydrogens (primary N) is 1. The smallest absolute Gasteiger partial charge is 0.252 e. The number of aliphatic imine (C=N–C) groups is 1. The van der Waals surface area contributed by atoms with Crippen molar-refractivity contribution in [2.75, 3.05) is 5.32 Å². The van der Waals surface area contributed by atoms with E-state index in [4.69, 9.17) is 17.3 Å². The quantitative estimate of drug-likeness (QED) is 0.561. The van der Waals surface area contributed by atoms with Crippen LogP contribution < -0.4 is 11.1 Å². The molecule has 0 bridgehead atoms. The molecule has 3 rings (SSSR count). The molecule has 5 nitrogen and oxygen atoms in total. The average Bonchev–Trinajstić information content (AvgIpc) is 2.58. The van der Waals surface area contributed by atoms with Crippen LogP contribution in [-0.2, 0) is 6.42 Å². The topological polar surface area (TPSA) is 76.2 Å². The van der Waals surface area contributed by atoms with Gasteiger partial charge in [-0.3, -0.25) is 0 Å². The van der Waals surface area contributed by atoms with Gasteiger partial charge in [0, 0.05) is 23.3 Å². The first kappa shape index (κ1) is 16.0. The highest BCUT2D eigenvalue weighted by molar-refractivity contribution is 6.30. The zero-order valence-corrected chi connectivity index (χ0v) is 13.6. The molecule has 0 saturated carbocycles. The van der Waals surface area contributed by atoms with Crippen LogP contribution >= 0.6 is 11.6 Å². The van der Waals surface area contributed by atoms with Gasteiger partial charge in [0.25, 0.3) is 5.95 Å². The molecule has 3 aromatic rings. The Balaban J connectivity index is 1.72. The number of anilines is 1. The summed E-state index contributed by atoms with van der Waals surface area (Å²) in [6.45, 7) is 0. The number of halogens is 1. The van der Waals surface area contributed by atoms with Crippen LogP contribution in [0.2, 0.25) is 5.02 Å². The van der Waals surface area contributed by atoms with Crippen LogP contribution in [0, 0.1) is 0 Å². The molecule has 0 atom stereocenters. The highest BCUT2D eigenvalue weighted by atomic mass is 35.5. The SMILES string of the molecule is N/C(=N\c1nccc(Cc2ccccc2)n1)Nc1ccc(Cl)cc1. The first-order chi connectivity index (χ1) is 11.7. The van der Waals surface area contributed by atoms with Crippen molar-refractivity contribution in [1.29, 1.82) is 0 Å². The Hall–Kier alpha value is -2.92. The Morgan fingerprint density at radius 3 is 2.54 bits per heavy atom. The van der Waals surface area contributed by atoms with Gasteiger partial charge < -0.3 is 11.1 Å². The molecular formula is C18H16ClN5. The maximum absolute atomic E-state index is 5.90. The van der Waals surface area contributed by atoms with E-state index in [9.17, 15) is 0 Å². The lowest BCUT2D eigenvalue weighted by Gasteiger charge is -2.05. The number of hydrogen-bond acceptors (Lipinski definition) is 3. The van der Waals surface area contributed by atoms with Crippen molar-refractivity contribution in [2.24, 2.45) is 10.7 Å². The molecule has 2 aromatic carbocycles. The molecular weight excluding hydrogens is 322 g/mol. The summed E-state index contributed by atoms with van der Waals surface area (Å²) in [6.07, 6.45) is 2.40. The van der Waals surface area contributed by atoms with E-state index < -0.39 is 0 Å². The summed E-state index contributed by atoms with van der Waals surface area (Å²) in [6, 6.07) is 19.2. The third kappa shape index (κ3) is 4.54. The maximum Gasteiger partial charge on any atom is 0.252 e. The number of rotatable bonds is 4. The summed E-state index contributed by atoms with van der Waals surface area (Å²) in [5.74, 6) is 0.538. The van der Waals surface area contributed by atoms with Crippen LogP contribution in [0.3, 0.4) is 0 Å². The van der Waals surface area contributed by atoms with Crippen molar-refractivity contribution in [3.05, 3.63) is 83.1 Å². The number of guanidine groups is 1. The third-order valence-electron chi connectivity index (χ3n) is 3.27. The number of aromatic nitrogens is 2. The molecule has 1 aromatic heterocycles. The molecule has 0 fully saturated rings. The third-order valence-corrected chi connectivity index (χ3v) is 3.52. The van der Waals surface area contributed by atoms with Gasteiger partial charge in [0.2, 0.25) is 5.96 Å². The largest absolute Gasteiger partial charge is 0.369 e. The van der Waals surface area contributed by atoms with E-state index in [-0.39, 0.29) is 5.96 Å². The fourth-order valence-corrected chi connectivity index (χ4v) is 2.28. The highest BCUT2D eigenvalue weighted by Gasteiger charge is 2.02. The lowest BCUT2D eigenvalue weighted by atomic mass is 10.1. The van der Waals surface area contributed by atoms with Gasteiger partial charge in [-0.2, -0.15) is 4.99 Å². The minimum Gasteiger partial charge on any atom is -0.369 e. The van der Waals surface area contributed by atoms with Gasteiger partial charge in [0.05, 0.1) is 5.69 Å². The van der Waals surface area contributed by atoms with E-state index in [1.54, 1.807) is 18.3 Å². The van der Waals surface area contributed by atoms with Gasteiger partial charge in [-0.05, 0) is 35.9 Å². The van der Waals surface area contributed by atoms with Crippen LogP contribution in [0.25, 0.3) is 0 Å². The molecule has 0 unspecified atom stereocenters. The monoisotopic (exact) mass is 337 g/mol. The van der Waals surface area contributed by atoms with Crippen LogP contribution in [0.15, 0.2) is 71.9 Å². The van der Waals surface area contributed by atoms with Crippen molar-refractivity contribution in [3.8, 4) is 0 Å². The summed E-state index contributed by atoms with van der Waals surface area (Å²) >= 11 is 5.85. The molecule has 0 amide bonds. The molecule has 0 aliphatic heterocycles.